The summed E-state index contributed by atoms with van der Waals surface area (Å²) in [6.45, 7) is 3.14. The minimum absolute atomic E-state index is 0. The third kappa shape index (κ3) is 12.9. The van der Waals surface area contributed by atoms with Crippen LogP contribution >= 0.6 is 11.8 Å². The zero-order chi connectivity index (χ0) is 45.8. The molecule has 0 aliphatic rings. The number of hydrogen-bond donors (Lipinski definition) is 2. The number of nitrogens with zero attached hydrogens (tertiary/aromatic N) is 4. The Kier molecular flexibility index (Phi) is 19.4. The maximum absolute atomic E-state index is 12.3. The van der Waals surface area contributed by atoms with Crippen molar-refractivity contribution in [3.05, 3.63) is 73.3 Å². The van der Waals surface area contributed by atoms with Crippen LogP contribution in [-0.4, -0.2) is 105 Å². The average molecular weight is 953 g/mol. The van der Waals surface area contributed by atoms with Crippen molar-refractivity contribution in [3.8, 4) is 23.0 Å². The number of benzene rings is 4. The van der Waals surface area contributed by atoms with E-state index in [1.54, 1.807) is 63.6 Å². The number of aromatic nitrogens is 4. The summed E-state index contributed by atoms with van der Waals surface area (Å²) in [4.78, 5) is 20.8. The van der Waals surface area contributed by atoms with Gasteiger partial charge in [0, 0.05) is 35.4 Å². The fourth-order valence-corrected chi connectivity index (χ4v) is 8.87. The molecule has 19 nitrogen and oxygen atoms in total. The maximum Gasteiger partial charge on any atom is 1.00 e. The molecule has 6 aromatic rings. The topological polar surface area (TPSA) is 264 Å². The van der Waals surface area contributed by atoms with Crippen molar-refractivity contribution in [1.29, 1.82) is 0 Å². The van der Waals surface area contributed by atoms with Crippen LogP contribution in [0.2, 0.25) is 0 Å². The standard InChI is InChI=1S/C19H21N3O6S2.C19H21N3O4S2.BHO3.Na/c1-5-30(25,26)13-6-7-17(29(4,23)24)14(10-13)22-19-18-15(20-11-21-19)8-12(27-2)9-16(18)28-3;1-5-28(23,24)13-6-7-17(27-4)14(10-13)22-19-18-15(20-11-21-19)8-12(25-2)9-16(18)26-3;2-1-4-3;/h6-11H,5H2,1-4H3,(H,20,21,22);6-11H,5H2,1-4H3,(H,20,21,22);3H;/q;;;+1/p-1. The van der Waals surface area contributed by atoms with Gasteiger partial charge in [0.1, 0.15) is 47.3 Å². The molecule has 2 heterocycles. The number of nitrogens with one attached hydrogen (secondary N) is 2. The van der Waals surface area contributed by atoms with Crippen molar-refractivity contribution in [2.24, 2.45) is 0 Å². The Morgan fingerprint density at radius 2 is 1.08 bits per heavy atom. The van der Waals surface area contributed by atoms with Crippen LogP contribution in [-0.2, 0) is 39.0 Å². The van der Waals surface area contributed by atoms with E-state index in [0.29, 0.717) is 56.3 Å². The predicted octanol–water partition coefficient (Wildman–Crippen LogP) is 1.74. The van der Waals surface area contributed by atoms with Gasteiger partial charge in [0.15, 0.2) is 29.5 Å². The van der Waals surface area contributed by atoms with Gasteiger partial charge in [-0.2, -0.15) is 0 Å². The molecule has 330 valence electrons. The van der Waals surface area contributed by atoms with Crippen LogP contribution in [0.1, 0.15) is 13.8 Å². The van der Waals surface area contributed by atoms with Crippen molar-refractivity contribution in [2.75, 3.05) is 63.1 Å². The van der Waals surface area contributed by atoms with E-state index < -0.39 is 29.5 Å². The third-order valence-corrected chi connectivity index (χ3v) is 14.2. The molecule has 0 radical (unpaired) electrons. The van der Waals surface area contributed by atoms with Gasteiger partial charge in [-0.1, -0.05) is 13.8 Å². The molecule has 0 aliphatic heterocycles. The van der Waals surface area contributed by atoms with E-state index in [-0.39, 0.29) is 74.6 Å². The van der Waals surface area contributed by atoms with Crippen molar-refractivity contribution < 1.29 is 88.5 Å². The summed E-state index contributed by atoms with van der Waals surface area (Å²) in [7, 11) is -4.59. The van der Waals surface area contributed by atoms with Crippen molar-refractivity contribution >= 4 is 93.4 Å². The predicted molar refractivity (Wildman–Crippen MR) is 233 cm³/mol. The molecule has 0 saturated heterocycles. The van der Waals surface area contributed by atoms with Crippen LogP contribution in [0, 0.1) is 0 Å². The van der Waals surface area contributed by atoms with E-state index in [2.05, 4.69) is 35.4 Å². The van der Waals surface area contributed by atoms with E-state index in [4.69, 9.17) is 28.9 Å². The molecule has 0 spiro atoms. The van der Waals surface area contributed by atoms with Crippen LogP contribution in [0.5, 0.6) is 23.0 Å². The summed E-state index contributed by atoms with van der Waals surface area (Å²) in [6.07, 6.45) is 5.72. The van der Waals surface area contributed by atoms with Gasteiger partial charge in [-0.15, -0.1) is 11.8 Å². The number of rotatable bonds is 15. The van der Waals surface area contributed by atoms with Crippen LogP contribution in [0.3, 0.4) is 0 Å². The minimum atomic E-state index is -3.65. The Balaban J connectivity index is 0.000000305. The monoisotopic (exact) mass is 952 g/mol. The number of anilines is 4. The van der Waals surface area contributed by atoms with Gasteiger partial charge in [0.25, 0.3) is 0 Å². The van der Waals surface area contributed by atoms with Gasteiger partial charge in [0.2, 0.25) is 0 Å². The molecule has 0 atom stereocenters. The normalized spacial score (nSPS) is 11.1. The van der Waals surface area contributed by atoms with Crippen molar-refractivity contribution in [2.45, 2.75) is 33.4 Å². The van der Waals surface area contributed by atoms with E-state index >= 15 is 0 Å². The molecule has 0 saturated carbocycles. The van der Waals surface area contributed by atoms with Gasteiger partial charge in [-0.3, -0.25) is 0 Å². The van der Waals surface area contributed by atoms with Gasteiger partial charge in [-0.05, 0) is 42.7 Å². The molecular weight excluding hydrogens is 911 g/mol. The minimum Gasteiger partial charge on any atom is 1.00 e. The second kappa shape index (κ2) is 23.2. The molecule has 0 fully saturated rings. The van der Waals surface area contributed by atoms with Crippen LogP contribution in [0.15, 0.2) is 92.9 Å². The largest absolute Gasteiger partial charge is 1.00 e. The first-order valence-electron chi connectivity index (χ1n) is 17.9. The number of fused-ring (bicyclic) bond motifs is 2. The number of methoxy groups -OCH3 is 4. The summed E-state index contributed by atoms with van der Waals surface area (Å²) >= 11 is 1.51. The number of thioether (sulfide) groups is 1. The summed E-state index contributed by atoms with van der Waals surface area (Å²) < 4.78 is 104. The van der Waals surface area contributed by atoms with Gasteiger partial charge < -0.3 is 29.6 Å². The SMILES string of the molecule is CCS(=O)(=O)c1ccc(S(C)(=O)=O)c(Nc2ncnc3cc(OC)cc(OC)c23)c1.CCS(=O)(=O)c1ccc(SC)c(Nc2ncnc3cc(OC)cc(OC)c23)c1.O=BO[O-].[Na+]. The molecule has 0 aliphatic carbocycles. The molecule has 25 heteroatoms. The van der Waals surface area contributed by atoms with Gasteiger partial charge in [0.05, 0.1) is 87.8 Å². The number of hydrogen-bond acceptors (Lipinski definition) is 20. The van der Waals surface area contributed by atoms with Crippen molar-refractivity contribution in [3.63, 3.8) is 0 Å². The summed E-state index contributed by atoms with van der Waals surface area (Å²) in [5.74, 6) is 2.81. The Labute approximate surface area is 392 Å². The van der Waals surface area contributed by atoms with E-state index in [9.17, 15) is 25.3 Å². The van der Waals surface area contributed by atoms with Crippen LogP contribution in [0.4, 0.5) is 23.0 Å². The quantitative estimate of drug-likeness (QED) is 0.0643. The average Bonchev–Trinajstić information content (AvgIpc) is 3.28. The molecule has 0 unspecified atom stereocenters. The summed E-state index contributed by atoms with van der Waals surface area (Å²) in [5.41, 5.74) is 1.89. The Morgan fingerprint density at radius 3 is 1.46 bits per heavy atom. The maximum atomic E-state index is 12.3. The van der Waals surface area contributed by atoms with Crippen LogP contribution in [0.25, 0.3) is 21.8 Å². The van der Waals surface area contributed by atoms with Crippen LogP contribution < -0.4 is 64.4 Å². The first kappa shape index (κ1) is 52.5. The summed E-state index contributed by atoms with van der Waals surface area (Å²) in [5, 5.41) is 15.8. The van der Waals surface area contributed by atoms with Gasteiger partial charge >= 0.3 is 51.7 Å². The Morgan fingerprint density at radius 1 is 0.651 bits per heavy atom. The fraction of sp³-hybridized carbons (Fsp3) is 0.263. The molecule has 4 aromatic carbocycles. The van der Waals surface area contributed by atoms with E-state index in [0.717, 1.165) is 11.2 Å². The Hall–Kier alpha value is -4.82. The first-order chi connectivity index (χ1) is 29.4. The fourth-order valence-electron chi connectivity index (χ4n) is 5.70. The molecule has 0 bridgehead atoms. The van der Waals surface area contributed by atoms with Gasteiger partial charge in [-0.25, -0.2) is 45.2 Å². The molecule has 6 rings (SSSR count). The molecular formula is C38H42BN6NaO13S4. The summed E-state index contributed by atoms with van der Waals surface area (Å²) in [6, 6.07) is 15.8. The first-order valence-corrected chi connectivity index (χ1v) is 24.3. The smallest absolute Gasteiger partial charge is 1.00 e. The second-order valence-corrected chi connectivity index (χ2v) is 19.8. The number of ether oxygens (including phenoxy) is 4. The number of sulfone groups is 3. The Bertz CT molecular complexity index is 2920. The zero-order valence-electron chi connectivity index (χ0n) is 35.6. The molecule has 63 heavy (non-hydrogen) atoms. The van der Waals surface area contributed by atoms with E-state index in [1.165, 1.54) is 63.8 Å². The molecule has 2 aromatic heterocycles. The zero-order valence-corrected chi connectivity index (χ0v) is 40.9. The van der Waals surface area contributed by atoms with Crippen molar-refractivity contribution in [1.82, 2.24) is 19.9 Å². The third-order valence-electron chi connectivity index (χ3n) is 8.81. The second-order valence-electron chi connectivity index (χ2n) is 12.4. The molecule has 2 N–H and O–H groups in total. The molecule has 0 amide bonds. The van der Waals surface area contributed by atoms with E-state index in [1.807, 2.05) is 6.26 Å².